The fraction of sp³-hybridized carbons (Fsp3) is 0.667. The van der Waals surface area contributed by atoms with Gasteiger partial charge in [0.15, 0.2) is 0 Å². The Labute approximate surface area is 139 Å². The van der Waals surface area contributed by atoms with Gasteiger partial charge in [0.25, 0.3) is 0 Å². The number of β-amino-alcohol motifs (C(OH)–C–C–N with tert-alkyl or cyclic N) is 1. The highest BCUT2D eigenvalue weighted by atomic mass is 35.5. The number of fused-ring (bicyclic) bond motifs is 4. The number of hydrogen-bond donors (Lipinski definition) is 2. The molecule has 3 rings (SSSR count). The van der Waals surface area contributed by atoms with Crippen molar-refractivity contribution in [1.82, 2.24) is 4.90 Å². The Hall–Kier alpha value is -0.770. The molecule has 1 fully saturated rings. The van der Waals surface area contributed by atoms with Crippen molar-refractivity contribution in [2.24, 2.45) is 5.92 Å². The van der Waals surface area contributed by atoms with E-state index >= 15 is 0 Å². The summed E-state index contributed by atoms with van der Waals surface area (Å²) in [4.78, 5) is 2.46. The van der Waals surface area contributed by atoms with Gasteiger partial charge in [0.1, 0.15) is 5.75 Å². The summed E-state index contributed by atoms with van der Waals surface area (Å²) in [6, 6.07) is 6.32. The fourth-order valence-corrected chi connectivity index (χ4v) is 4.39. The lowest BCUT2D eigenvalue weighted by atomic mass is 9.59. The van der Waals surface area contributed by atoms with Crippen LogP contribution < -0.4 is 0 Å². The van der Waals surface area contributed by atoms with Gasteiger partial charge in [-0.25, -0.2) is 0 Å². The average molecular weight is 326 g/mol. The Morgan fingerprint density at radius 3 is 2.68 bits per heavy atom. The highest BCUT2D eigenvalue weighted by Gasteiger charge is 2.48. The molecule has 1 saturated heterocycles. The van der Waals surface area contributed by atoms with Crippen molar-refractivity contribution in [3.05, 3.63) is 29.3 Å². The Bertz CT molecular complexity index is 555. The molecule has 4 heteroatoms. The standard InChI is InChI=1S/C18H27NO2.ClH/c1-12-16-9-13-5-6-14(20)10-15(13)18(12,4)7-8-19(16)11-17(2,3)21;/h5-6,10,12,16,20-21H,7-9,11H2,1-4H3;1H. The van der Waals surface area contributed by atoms with E-state index in [1.54, 1.807) is 6.07 Å². The van der Waals surface area contributed by atoms with E-state index in [2.05, 4.69) is 24.8 Å². The van der Waals surface area contributed by atoms with Gasteiger partial charge in [-0.15, -0.1) is 12.4 Å². The van der Waals surface area contributed by atoms with Crippen LogP contribution in [0.4, 0.5) is 0 Å². The number of nitrogens with zero attached hydrogens (tertiary/aromatic N) is 1. The number of rotatable bonds is 2. The first-order valence-corrected chi connectivity index (χ1v) is 7.99. The van der Waals surface area contributed by atoms with Gasteiger partial charge >= 0.3 is 0 Å². The van der Waals surface area contributed by atoms with Gasteiger partial charge in [0.2, 0.25) is 0 Å². The molecule has 1 aromatic carbocycles. The van der Waals surface area contributed by atoms with E-state index < -0.39 is 5.60 Å². The first kappa shape index (κ1) is 17.6. The zero-order valence-electron chi connectivity index (χ0n) is 14.0. The van der Waals surface area contributed by atoms with Crippen molar-refractivity contribution >= 4 is 12.4 Å². The van der Waals surface area contributed by atoms with Crippen LogP contribution in [-0.4, -0.2) is 39.8 Å². The lowest BCUT2D eigenvalue weighted by molar-refractivity contribution is -0.0297. The van der Waals surface area contributed by atoms with E-state index in [-0.39, 0.29) is 17.8 Å². The summed E-state index contributed by atoms with van der Waals surface area (Å²) in [5, 5.41) is 20.0. The highest BCUT2D eigenvalue weighted by molar-refractivity contribution is 5.85. The van der Waals surface area contributed by atoms with E-state index in [0.29, 0.717) is 17.7 Å². The van der Waals surface area contributed by atoms with Crippen molar-refractivity contribution in [3.8, 4) is 5.75 Å². The summed E-state index contributed by atoms with van der Waals surface area (Å²) < 4.78 is 0. The van der Waals surface area contributed by atoms with Crippen LogP contribution in [-0.2, 0) is 11.8 Å². The van der Waals surface area contributed by atoms with Crippen LogP contribution >= 0.6 is 12.4 Å². The van der Waals surface area contributed by atoms with Gasteiger partial charge in [-0.3, -0.25) is 4.90 Å². The monoisotopic (exact) mass is 325 g/mol. The van der Waals surface area contributed by atoms with Gasteiger partial charge in [-0.2, -0.15) is 0 Å². The Kier molecular flexibility index (Phi) is 4.55. The minimum absolute atomic E-state index is 0. The normalized spacial score (nSPS) is 31.3. The largest absolute Gasteiger partial charge is 0.508 e. The second-order valence-electron chi connectivity index (χ2n) is 7.85. The SMILES string of the molecule is CC1C2Cc3ccc(O)cc3C1(C)CCN2CC(C)(C)O.Cl. The van der Waals surface area contributed by atoms with Gasteiger partial charge < -0.3 is 10.2 Å². The summed E-state index contributed by atoms with van der Waals surface area (Å²) in [5.41, 5.74) is 2.17. The van der Waals surface area contributed by atoms with Crippen molar-refractivity contribution in [1.29, 1.82) is 0 Å². The smallest absolute Gasteiger partial charge is 0.115 e. The highest BCUT2D eigenvalue weighted by Crippen LogP contribution is 2.49. The maximum atomic E-state index is 10.2. The molecule has 2 bridgehead atoms. The number of benzene rings is 1. The van der Waals surface area contributed by atoms with Crippen LogP contribution in [0.1, 0.15) is 45.2 Å². The van der Waals surface area contributed by atoms with Crippen molar-refractivity contribution in [2.45, 2.75) is 57.6 Å². The van der Waals surface area contributed by atoms with Crippen molar-refractivity contribution in [3.63, 3.8) is 0 Å². The van der Waals surface area contributed by atoms with Gasteiger partial charge in [-0.1, -0.05) is 19.9 Å². The number of phenols is 1. The average Bonchev–Trinajstić information content (AvgIpc) is 2.37. The zero-order chi connectivity index (χ0) is 15.4. The molecule has 0 amide bonds. The minimum atomic E-state index is -0.650. The maximum absolute atomic E-state index is 10.2. The summed E-state index contributed by atoms with van der Waals surface area (Å²) in [7, 11) is 0. The van der Waals surface area contributed by atoms with Crippen molar-refractivity contribution < 1.29 is 10.2 Å². The molecule has 1 aliphatic heterocycles. The summed E-state index contributed by atoms with van der Waals surface area (Å²) in [5.74, 6) is 0.905. The molecule has 1 aromatic rings. The number of likely N-dealkylation sites (tertiary alicyclic amines) is 1. The molecule has 3 nitrogen and oxygen atoms in total. The number of halogens is 1. The molecule has 2 aliphatic rings. The van der Waals surface area contributed by atoms with E-state index in [1.807, 2.05) is 19.9 Å². The molecular formula is C18H28ClNO2. The minimum Gasteiger partial charge on any atom is -0.508 e. The molecule has 3 unspecified atom stereocenters. The number of aliphatic hydroxyl groups is 1. The van der Waals surface area contributed by atoms with Crippen LogP contribution in [0.5, 0.6) is 5.75 Å². The van der Waals surface area contributed by atoms with Crippen LogP contribution in [0.2, 0.25) is 0 Å². The topological polar surface area (TPSA) is 43.7 Å². The van der Waals surface area contributed by atoms with Gasteiger partial charge in [0, 0.05) is 12.6 Å². The number of piperidine rings is 1. The summed E-state index contributed by atoms with van der Waals surface area (Å²) in [6.07, 6.45) is 2.10. The van der Waals surface area contributed by atoms with Gasteiger partial charge in [0.05, 0.1) is 5.60 Å². The van der Waals surface area contributed by atoms with E-state index in [4.69, 9.17) is 0 Å². The quantitative estimate of drug-likeness (QED) is 0.878. The summed E-state index contributed by atoms with van der Waals surface area (Å²) in [6.45, 7) is 10.2. The number of aromatic hydroxyl groups is 1. The molecular weight excluding hydrogens is 298 g/mol. The third-order valence-corrected chi connectivity index (χ3v) is 5.70. The lowest BCUT2D eigenvalue weighted by Crippen LogP contribution is -2.60. The third kappa shape index (κ3) is 2.86. The van der Waals surface area contributed by atoms with E-state index in [9.17, 15) is 10.2 Å². The van der Waals surface area contributed by atoms with Crippen LogP contribution in [0.25, 0.3) is 0 Å². The van der Waals surface area contributed by atoms with E-state index in [0.717, 1.165) is 25.9 Å². The van der Waals surface area contributed by atoms with Crippen LogP contribution in [0.3, 0.4) is 0 Å². The summed E-state index contributed by atoms with van der Waals surface area (Å²) >= 11 is 0. The molecule has 1 aliphatic carbocycles. The maximum Gasteiger partial charge on any atom is 0.115 e. The Morgan fingerprint density at radius 2 is 2.05 bits per heavy atom. The second-order valence-corrected chi connectivity index (χ2v) is 7.85. The Morgan fingerprint density at radius 1 is 1.36 bits per heavy atom. The molecule has 3 atom stereocenters. The molecule has 0 saturated carbocycles. The van der Waals surface area contributed by atoms with Crippen LogP contribution in [0.15, 0.2) is 18.2 Å². The predicted molar refractivity (Wildman–Crippen MR) is 91.9 cm³/mol. The van der Waals surface area contributed by atoms with E-state index in [1.165, 1.54) is 11.1 Å². The molecule has 124 valence electrons. The second kappa shape index (κ2) is 5.70. The van der Waals surface area contributed by atoms with Gasteiger partial charge in [-0.05, 0) is 67.8 Å². The first-order chi connectivity index (χ1) is 9.71. The number of hydrogen-bond acceptors (Lipinski definition) is 3. The molecule has 0 spiro atoms. The van der Waals surface area contributed by atoms with Crippen LogP contribution in [0, 0.1) is 5.92 Å². The molecule has 0 radical (unpaired) electrons. The molecule has 0 aromatic heterocycles. The Balaban J connectivity index is 0.00000176. The predicted octanol–water partition coefficient (Wildman–Crippen LogP) is 3.11. The first-order valence-electron chi connectivity index (χ1n) is 7.99. The zero-order valence-corrected chi connectivity index (χ0v) is 14.8. The third-order valence-electron chi connectivity index (χ3n) is 5.70. The van der Waals surface area contributed by atoms with Crippen molar-refractivity contribution in [2.75, 3.05) is 13.1 Å². The fourth-order valence-electron chi connectivity index (χ4n) is 4.39. The number of phenolic OH excluding ortho intramolecular Hbond substituents is 1. The lowest BCUT2D eigenvalue weighted by Gasteiger charge is -2.55. The molecule has 2 N–H and O–H groups in total. The molecule has 1 heterocycles. The molecule has 22 heavy (non-hydrogen) atoms.